The molecule has 2 nitrogen and oxygen atoms in total. The van der Waals surface area contributed by atoms with Crippen molar-refractivity contribution in [3.8, 4) is 0 Å². The van der Waals surface area contributed by atoms with Crippen LogP contribution in [-0.4, -0.2) is 5.91 Å². The minimum atomic E-state index is -0.165. The van der Waals surface area contributed by atoms with Gasteiger partial charge < -0.3 is 5.32 Å². The SMILES string of the molecule is Cc1ccccc1[C@@H](NC(=O)Cc1ccc(Cl)cc1)c1ccccc1. The molecule has 0 saturated heterocycles. The van der Waals surface area contributed by atoms with Gasteiger partial charge in [-0.3, -0.25) is 4.79 Å². The quantitative estimate of drug-likeness (QED) is 0.682. The molecule has 1 amide bonds. The van der Waals surface area contributed by atoms with E-state index in [2.05, 4.69) is 24.4 Å². The summed E-state index contributed by atoms with van der Waals surface area (Å²) in [6.45, 7) is 2.07. The van der Waals surface area contributed by atoms with E-state index in [-0.39, 0.29) is 11.9 Å². The van der Waals surface area contributed by atoms with Crippen LogP contribution in [0.25, 0.3) is 0 Å². The first-order chi connectivity index (χ1) is 12.1. The van der Waals surface area contributed by atoms with Crippen LogP contribution in [0.2, 0.25) is 5.02 Å². The zero-order valence-electron chi connectivity index (χ0n) is 14.1. The maximum Gasteiger partial charge on any atom is 0.225 e. The zero-order valence-corrected chi connectivity index (χ0v) is 14.8. The molecule has 0 spiro atoms. The minimum absolute atomic E-state index is 0.0144. The van der Waals surface area contributed by atoms with E-state index in [4.69, 9.17) is 11.6 Å². The summed E-state index contributed by atoms with van der Waals surface area (Å²) in [5.41, 5.74) is 4.28. The molecule has 1 N–H and O–H groups in total. The van der Waals surface area contributed by atoms with Crippen LogP contribution in [0.4, 0.5) is 0 Å². The van der Waals surface area contributed by atoms with Gasteiger partial charge in [-0.1, -0.05) is 78.3 Å². The molecule has 0 unspecified atom stereocenters. The van der Waals surface area contributed by atoms with Gasteiger partial charge in [0.25, 0.3) is 0 Å². The van der Waals surface area contributed by atoms with E-state index < -0.39 is 0 Å². The van der Waals surface area contributed by atoms with E-state index in [9.17, 15) is 4.79 Å². The molecule has 0 fully saturated rings. The predicted molar refractivity (Wildman–Crippen MR) is 103 cm³/mol. The van der Waals surface area contributed by atoms with Crippen LogP contribution in [0, 0.1) is 6.92 Å². The van der Waals surface area contributed by atoms with Gasteiger partial charge in [0.2, 0.25) is 5.91 Å². The fraction of sp³-hybridized carbons (Fsp3) is 0.136. The van der Waals surface area contributed by atoms with Crippen molar-refractivity contribution in [2.75, 3.05) is 0 Å². The van der Waals surface area contributed by atoms with Gasteiger partial charge in [0.05, 0.1) is 12.5 Å². The lowest BCUT2D eigenvalue weighted by Crippen LogP contribution is -2.31. The third-order valence-corrected chi connectivity index (χ3v) is 4.47. The first kappa shape index (κ1) is 17.2. The summed E-state index contributed by atoms with van der Waals surface area (Å²) < 4.78 is 0. The van der Waals surface area contributed by atoms with Gasteiger partial charge in [-0.15, -0.1) is 0 Å². The van der Waals surface area contributed by atoms with Crippen molar-refractivity contribution < 1.29 is 4.79 Å². The van der Waals surface area contributed by atoms with Crippen LogP contribution in [0.15, 0.2) is 78.9 Å². The Morgan fingerprint density at radius 2 is 1.56 bits per heavy atom. The van der Waals surface area contributed by atoms with Crippen molar-refractivity contribution in [2.24, 2.45) is 0 Å². The molecule has 0 heterocycles. The average molecular weight is 350 g/mol. The Morgan fingerprint density at radius 3 is 2.24 bits per heavy atom. The summed E-state index contributed by atoms with van der Waals surface area (Å²) in [6, 6.07) is 25.4. The van der Waals surface area contributed by atoms with Crippen LogP contribution >= 0.6 is 11.6 Å². The van der Waals surface area contributed by atoms with E-state index in [1.807, 2.05) is 54.6 Å². The summed E-state index contributed by atoms with van der Waals surface area (Å²) in [5.74, 6) is -0.0144. The van der Waals surface area contributed by atoms with Gasteiger partial charge >= 0.3 is 0 Å². The highest BCUT2D eigenvalue weighted by molar-refractivity contribution is 6.30. The largest absolute Gasteiger partial charge is 0.345 e. The Kier molecular flexibility index (Phi) is 5.52. The normalized spacial score (nSPS) is 11.8. The highest BCUT2D eigenvalue weighted by Crippen LogP contribution is 2.25. The first-order valence-electron chi connectivity index (χ1n) is 8.28. The molecule has 0 aliphatic carbocycles. The van der Waals surface area contributed by atoms with E-state index >= 15 is 0 Å². The Balaban J connectivity index is 1.84. The van der Waals surface area contributed by atoms with Gasteiger partial charge in [-0.05, 0) is 41.3 Å². The van der Waals surface area contributed by atoms with Gasteiger partial charge in [0.1, 0.15) is 0 Å². The minimum Gasteiger partial charge on any atom is -0.345 e. The molecule has 0 aromatic heterocycles. The fourth-order valence-electron chi connectivity index (χ4n) is 2.90. The maximum atomic E-state index is 12.6. The Labute approximate surface area is 153 Å². The second-order valence-corrected chi connectivity index (χ2v) is 6.51. The lowest BCUT2D eigenvalue weighted by Gasteiger charge is -2.21. The van der Waals surface area contributed by atoms with E-state index in [0.29, 0.717) is 11.4 Å². The van der Waals surface area contributed by atoms with Crippen molar-refractivity contribution in [1.29, 1.82) is 0 Å². The van der Waals surface area contributed by atoms with Crippen molar-refractivity contribution in [1.82, 2.24) is 5.32 Å². The van der Waals surface area contributed by atoms with Crippen molar-refractivity contribution in [2.45, 2.75) is 19.4 Å². The molecule has 25 heavy (non-hydrogen) atoms. The zero-order chi connectivity index (χ0) is 17.6. The van der Waals surface area contributed by atoms with Gasteiger partial charge in [0.15, 0.2) is 0 Å². The molecule has 3 aromatic carbocycles. The maximum absolute atomic E-state index is 12.6. The van der Waals surface area contributed by atoms with Crippen LogP contribution < -0.4 is 5.32 Å². The van der Waals surface area contributed by atoms with Crippen molar-refractivity contribution in [3.05, 3.63) is 106 Å². The Morgan fingerprint density at radius 1 is 0.920 bits per heavy atom. The molecule has 0 bridgehead atoms. The molecule has 0 aliphatic heterocycles. The van der Waals surface area contributed by atoms with Crippen LogP contribution in [0.5, 0.6) is 0 Å². The predicted octanol–water partition coefficient (Wildman–Crippen LogP) is 5.10. The molecule has 0 aliphatic rings. The number of benzene rings is 3. The molecule has 0 saturated carbocycles. The molecular weight excluding hydrogens is 330 g/mol. The summed E-state index contributed by atoms with van der Waals surface area (Å²) in [4.78, 5) is 12.6. The third-order valence-electron chi connectivity index (χ3n) is 4.22. The Bertz CT molecular complexity index is 843. The molecule has 0 radical (unpaired) electrons. The number of nitrogens with one attached hydrogen (secondary N) is 1. The number of carbonyl (C=O) groups is 1. The second kappa shape index (κ2) is 8.00. The van der Waals surface area contributed by atoms with E-state index in [1.165, 1.54) is 0 Å². The fourth-order valence-corrected chi connectivity index (χ4v) is 3.02. The molecule has 3 heteroatoms. The lowest BCUT2D eigenvalue weighted by atomic mass is 9.94. The topological polar surface area (TPSA) is 29.1 Å². The number of amides is 1. The number of hydrogen-bond donors (Lipinski definition) is 1. The highest BCUT2D eigenvalue weighted by atomic mass is 35.5. The molecule has 3 aromatic rings. The number of aryl methyl sites for hydroxylation is 1. The summed E-state index contributed by atoms with van der Waals surface area (Å²) in [5, 5.41) is 3.85. The van der Waals surface area contributed by atoms with E-state index in [0.717, 1.165) is 22.3 Å². The third kappa shape index (κ3) is 4.49. The molecule has 3 rings (SSSR count). The number of hydrogen-bond acceptors (Lipinski definition) is 1. The lowest BCUT2D eigenvalue weighted by molar-refractivity contribution is -0.120. The molecule has 1 atom stereocenters. The second-order valence-electron chi connectivity index (χ2n) is 6.07. The number of carbonyl (C=O) groups excluding carboxylic acids is 1. The highest BCUT2D eigenvalue weighted by Gasteiger charge is 2.18. The van der Waals surface area contributed by atoms with Crippen LogP contribution in [0.3, 0.4) is 0 Å². The molecular formula is C22H20ClNO. The van der Waals surface area contributed by atoms with Crippen molar-refractivity contribution >= 4 is 17.5 Å². The van der Waals surface area contributed by atoms with Gasteiger partial charge in [-0.25, -0.2) is 0 Å². The van der Waals surface area contributed by atoms with Gasteiger partial charge in [0, 0.05) is 5.02 Å². The number of halogens is 1. The monoisotopic (exact) mass is 349 g/mol. The van der Waals surface area contributed by atoms with E-state index in [1.54, 1.807) is 12.1 Å². The summed E-state index contributed by atoms with van der Waals surface area (Å²) in [7, 11) is 0. The van der Waals surface area contributed by atoms with Crippen LogP contribution in [-0.2, 0) is 11.2 Å². The van der Waals surface area contributed by atoms with Crippen molar-refractivity contribution in [3.63, 3.8) is 0 Å². The smallest absolute Gasteiger partial charge is 0.225 e. The Hall–Kier alpha value is -2.58. The summed E-state index contributed by atoms with van der Waals surface area (Å²) >= 11 is 5.91. The average Bonchev–Trinajstić information content (AvgIpc) is 2.63. The summed E-state index contributed by atoms with van der Waals surface area (Å²) in [6.07, 6.45) is 0.326. The number of rotatable bonds is 5. The standard InChI is InChI=1S/C22H20ClNO/c1-16-7-5-6-10-20(16)22(18-8-3-2-4-9-18)24-21(25)15-17-11-13-19(23)14-12-17/h2-14,22H,15H2,1H3,(H,24,25)/t22-/m0/s1. The first-order valence-corrected chi connectivity index (χ1v) is 8.65. The van der Waals surface area contributed by atoms with Gasteiger partial charge in [-0.2, -0.15) is 0 Å². The molecule has 126 valence electrons. The van der Waals surface area contributed by atoms with Crippen LogP contribution in [0.1, 0.15) is 28.3 Å².